The molecule has 234 valence electrons. The van der Waals surface area contributed by atoms with Crippen LogP contribution >= 0.6 is 11.3 Å². The number of pyridine rings is 1. The molecule has 0 bridgehead atoms. The van der Waals surface area contributed by atoms with Gasteiger partial charge in [0.1, 0.15) is 11.2 Å². The molecule has 6 aromatic carbocycles. The molecule has 0 radical (unpaired) electrons. The maximum absolute atomic E-state index is 6.77. The van der Waals surface area contributed by atoms with Crippen molar-refractivity contribution in [2.45, 2.75) is 0 Å². The van der Waals surface area contributed by atoms with Crippen LogP contribution in [-0.4, -0.2) is 15.0 Å². The highest BCUT2D eigenvalue weighted by Crippen LogP contribution is 2.46. The summed E-state index contributed by atoms with van der Waals surface area (Å²) in [6.07, 6.45) is 1.83. The zero-order chi connectivity index (χ0) is 33.0. The zero-order valence-corrected chi connectivity index (χ0v) is 27.6. The monoisotopic (exact) mass is 657 g/mol. The SMILES string of the molecule is c1ccc(-c2cc(-c3ccccc3-c3ccccn3)nc(-c3ccc(-c4cccc5c4sc4ccccc45)c4c3oc3ccccc34)n2)cc1. The Balaban J connectivity index is 1.25. The molecule has 10 rings (SSSR count). The average Bonchev–Trinajstić information content (AvgIpc) is 3.77. The van der Waals surface area contributed by atoms with Crippen LogP contribution in [0.3, 0.4) is 0 Å². The molecule has 4 heterocycles. The summed E-state index contributed by atoms with van der Waals surface area (Å²) in [4.78, 5) is 15.2. The van der Waals surface area contributed by atoms with Crippen LogP contribution in [0, 0.1) is 0 Å². The van der Waals surface area contributed by atoms with Gasteiger partial charge in [-0.1, -0.05) is 121 Å². The van der Waals surface area contributed by atoms with Crippen molar-refractivity contribution in [3.05, 3.63) is 164 Å². The van der Waals surface area contributed by atoms with E-state index < -0.39 is 0 Å². The minimum atomic E-state index is 0.604. The molecule has 0 aliphatic carbocycles. The molecule has 0 fully saturated rings. The maximum atomic E-state index is 6.77. The van der Waals surface area contributed by atoms with Gasteiger partial charge in [-0.25, -0.2) is 9.97 Å². The molecule has 0 aliphatic heterocycles. The normalized spacial score (nSPS) is 11.6. The first-order valence-corrected chi connectivity index (χ1v) is 17.4. The predicted octanol–water partition coefficient (Wildman–Crippen LogP) is 12.5. The Labute approximate surface area is 292 Å². The molecule has 0 amide bonds. The Morgan fingerprint density at radius 3 is 2.00 bits per heavy atom. The second-order valence-electron chi connectivity index (χ2n) is 12.3. The topological polar surface area (TPSA) is 51.8 Å². The molecule has 0 atom stereocenters. The van der Waals surface area contributed by atoms with Gasteiger partial charge in [-0.2, -0.15) is 0 Å². The number of nitrogens with zero attached hydrogens (tertiary/aromatic N) is 3. The Morgan fingerprint density at radius 1 is 0.460 bits per heavy atom. The highest BCUT2D eigenvalue weighted by molar-refractivity contribution is 7.26. The number of hydrogen-bond acceptors (Lipinski definition) is 5. The quantitative estimate of drug-likeness (QED) is 0.185. The van der Waals surface area contributed by atoms with E-state index >= 15 is 0 Å². The highest BCUT2D eigenvalue weighted by atomic mass is 32.1. The summed E-state index contributed by atoms with van der Waals surface area (Å²) in [6, 6.07) is 54.5. The number of furan rings is 1. The van der Waals surface area contributed by atoms with Gasteiger partial charge in [-0.3, -0.25) is 4.98 Å². The molecule has 0 spiro atoms. The van der Waals surface area contributed by atoms with Crippen LogP contribution in [0.15, 0.2) is 168 Å². The Kier molecular flexibility index (Phi) is 6.64. The van der Waals surface area contributed by atoms with Gasteiger partial charge in [-0.15, -0.1) is 11.3 Å². The van der Waals surface area contributed by atoms with Crippen molar-refractivity contribution in [2.75, 3.05) is 0 Å². The highest BCUT2D eigenvalue weighted by Gasteiger charge is 2.22. The van der Waals surface area contributed by atoms with E-state index in [1.54, 1.807) is 0 Å². The van der Waals surface area contributed by atoms with Crippen molar-refractivity contribution < 1.29 is 4.42 Å². The molecule has 10 aromatic rings. The van der Waals surface area contributed by atoms with Crippen molar-refractivity contribution in [3.8, 4) is 56.3 Å². The van der Waals surface area contributed by atoms with Crippen LogP contribution in [0.5, 0.6) is 0 Å². The molecule has 0 N–H and O–H groups in total. The Hall–Kier alpha value is -6.43. The number of thiophene rings is 1. The second kappa shape index (κ2) is 11.6. The van der Waals surface area contributed by atoms with Crippen LogP contribution in [0.1, 0.15) is 0 Å². The summed E-state index contributed by atoms with van der Waals surface area (Å²) < 4.78 is 9.32. The second-order valence-corrected chi connectivity index (χ2v) is 13.4. The molecule has 50 heavy (non-hydrogen) atoms. The number of benzene rings is 6. The van der Waals surface area contributed by atoms with E-state index in [4.69, 9.17) is 14.4 Å². The summed E-state index contributed by atoms with van der Waals surface area (Å²) in [7, 11) is 0. The Morgan fingerprint density at radius 2 is 1.14 bits per heavy atom. The molecule has 0 aliphatic rings. The van der Waals surface area contributed by atoms with Crippen LogP contribution in [0.2, 0.25) is 0 Å². The van der Waals surface area contributed by atoms with Crippen molar-refractivity contribution in [3.63, 3.8) is 0 Å². The molecule has 0 saturated heterocycles. The smallest absolute Gasteiger partial charge is 0.164 e. The van der Waals surface area contributed by atoms with E-state index in [-0.39, 0.29) is 0 Å². The standard InChI is InChI=1S/C45H27N3OS/c1-2-13-28(14-3-1)38-27-39(30-16-5-4-15-29(30)37-21-10-11-26-46-37)48-45(47-38)36-25-24-32(42-35-18-6-8-22-40(35)49-43(36)42)34-20-12-19-33-31-17-7-9-23-41(31)50-44(33)34/h1-27H. The van der Waals surface area contributed by atoms with E-state index in [2.05, 4.69) is 102 Å². The van der Waals surface area contributed by atoms with Gasteiger partial charge in [0.05, 0.1) is 22.6 Å². The first kappa shape index (κ1) is 28.6. The molecule has 5 heteroatoms. The van der Waals surface area contributed by atoms with Gasteiger partial charge in [0, 0.05) is 59.4 Å². The third-order valence-electron chi connectivity index (χ3n) is 9.40. The lowest BCUT2D eigenvalue weighted by molar-refractivity contribution is 0.669. The van der Waals surface area contributed by atoms with Crippen molar-refractivity contribution in [1.82, 2.24) is 15.0 Å². The first-order valence-electron chi connectivity index (χ1n) is 16.6. The minimum Gasteiger partial charge on any atom is -0.455 e. The van der Waals surface area contributed by atoms with Gasteiger partial charge < -0.3 is 4.42 Å². The zero-order valence-electron chi connectivity index (χ0n) is 26.7. The fraction of sp³-hybridized carbons (Fsp3) is 0. The molecule has 4 aromatic heterocycles. The van der Waals surface area contributed by atoms with Gasteiger partial charge in [0.25, 0.3) is 0 Å². The van der Waals surface area contributed by atoms with Crippen LogP contribution in [0.4, 0.5) is 0 Å². The number of hydrogen-bond donors (Lipinski definition) is 0. The van der Waals surface area contributed by atoms with Gasteiger partial charge in [-0.05, 0) is 42.0 Å². The molecule has 0 saturated carbocycles. The number of rotatable bonds is 5. The lowest BCUT2D eigenvalue weighted by Crippen LogP contribution is -1.98. The summed E-state index contributed by atoms with van der Waals surface area (Å²) in [5.74, 6) is 0.604. The van der Waals surface area contributed by atoms with Gasteiger partial charge >= 0.3 is 0 Å². The van der Waals surface area contributed by atoms with Crippen molar-refractivity contribution in [1.29, 1.82) is 0 Å². The third kappa shape index (κ3) is 4.63. The third-order valence-corrected chi connectivity index (χ3v) is 10.6. The molecule has 0 unspecified atom stereocenters. The molecular formula is C45H27N3OS. The Bertz CT molecular complexity index is 2870. The summed E-state index contributed by atoms with van der Waals surface area (Å²) in [6.45, 7) is 0. The summed E-state index contributed by atoms with van der Waals surface area (Å²) in [5, 5.41) is 4.68. The number of aromatic nitrogens is 3. The van der Waals surface area contributed by atoms with E-state index in [1.807, 2.05) is 78.2 Å². The van der Waals surface area contributed by atoms with Crippen molar-refractivity contribution >= 4 is 53.4 Å². The van der Waals surface area contributed by atoms with Gasteiger partial charge in [0.2, 0.25) is 0 Å². The van der Waals surface area contributed by atoms with E-state index in [0.29, 0.717) is 5.82 Å². The first-order chi connectivity index (χ1) is 24.8. The fourth-order valence-corrected chi connectivity index (χ4v) is 8.33. The predicted molar refractivity (Wildman–Crippen MR) is 207 cm³/mol. The lowest BCUT2D eigenvalue weighted by atomic mass is 9.95. The fourth-order valence-electron chi connectivity index (χ4n) is 7.10. The minimum absolute atomic E-state index is 0.604. The summed E-state index contributed by atoms with van der Waals surface area (Å²) in [5.41, 5.74) is 10.3. The number of fused-ring (bicyclic) bond motifs is 6. The van der Waals surface area contributed by atoms with E-state index in [0.717, 1.165) is 66.8 Å². The lowest BCUT2D eigenvalue weighted by Gasteiger charge is -2.13. The number of para-hydroxylation sites is 1. The average molecular weight is 658 g/mol. The van der Waals surface area contributed by atoms with Crippen LogP contribution < -0.4 is 0 Å². The van der Waals surface area contributed by atoms with Gasteiger partial charge in [0.15, 0.2) is 5.82 Å². The molecular weight excluding hydrogens is 631 g/mol. The van der Waals surface area contributed by atoms with E-state index in [1.165, 1.54) is 25.7 Å². The van der Waals surface area contributed by atoms with Crippen molar-refractivity contribution in [2.24, 2.45) is 0 Å². The summed E-state index contributed by atoms with van der Waals surface area (Å²) >= 11 is 1.84. The van der Waals surface area contributed by atoms with E-state index in [9.17, 15) is 0 Å². The maximum Gasteiger partial charge on any atom is 0.164 e. The molecule has 4 nitrogen and oxygen atoms in total. The van der Waals surface area contributed by atoms with Crippen LogP contribution in [-0.2, 0) is 0 Å². The van der Waals surface area contributed by atoms with Crippen LogP contribution in [0.25, 0.3) is 98.4 Å². The largest absolute Gasteiger partial charge is 0.455 e.